The SMILES string of the molecule is N#Cc1ccc(OCc2ccc3c(c2)OCO3)cc1O[C@H](C(=O)O)c1ccccc1Cl. The fraction of sp³-hybridized carbons (Fsp3) is 0.130. The average molecular weight is 438 g/mol. The summed E-state index contributed by atoms with van der Waals surface area (Å²) in [6, 6.07) is 18.6. The van der Waals surface area contributed by atoms with Gasteiger partial charge in [0.25, 0.3) is 0 Å². The van der Waals surface area contributed by atoms with Gasteiger partial charge in [0.15, 0.2) is 11.5 Å². The van der Waals surface area contributed by atoms with E-state index in [2.05, 4.69) is 0 Å². The van der Waals surface area contributed by atoms with Gasteiger partial charge >= 0.3 is 5.97 Å². The molecule has 0 aliphatic carbocycles. The molecule has 0 saturated heterocycles. The molecule has 0 radical (unpaired) electrons. The largest absolute Gasteiger partial charge is 0.489 e. The molecule has 31 heavy (non-hydrogen) atoms. The Morgan fingerprint density at radius 1 is 1.13 bits per heavy atom. The number of fused-ring (bicyclic) bond motifs is 1. The summed E-state index contributed by atoms with van der Waals surface area (Å²) in [5.41, 5.74) is 1.32. The second-order valence-corrected chi connectivity index (χ2v) is 7.01. The topological polar surface area (TPSA) is 98.0 Å². The molecule has 0 saturated carbocycles. The number of ether oxygens (including phenoxy) is 4. The minimum absolute atomic E-state index is 0.0815. The van der Waals surface area contributed by atoms with Crippen molar-refractivity contribution in [1.29, 1.82) is 5.26 Å². The van der Waals surface area contributed by atoms with E-state index in [4.69, 9.17) is 30.5 Å². The van der Waals surface area contributed by atoms with Crippen LogP contribution in [-0.2, 0) is 11.4 Å². The number of aliphatic carboxylic acids is 1. The summed E-state index contributed by atoms with van der Waals surface area (Å²) in [5.74, 6) is 0.586. The van der Waals surface area contributed by atoms with Crippen LogP contribution in [0.15, 0.2) is 60.7 Å². The number of carboxylic acids is 1. The van der Waals surface area contributed by atoms with Gasteiger partial charge < -0.3 is 24.1 Å². The van der Waals surface area contributed by atoms with E-state index in [0.717, 1.165) is 5.56 Å². The molecule has 3 aromatic carbocycles. The van der Waals surface area contributed by atoms with Crippen LogP contribution in [0, 0.1) is 11.3 Å². The number of carbonyl (C=O) groups is 1. The van der Waals surface area contributed by atoms with Gasteiger partial charge in [0, 0.05) is 16.7 Å². The van der Waals surface area contributed by atoms with Crippen LogP contribution in [0.5, 0.6) is 23.0 Å². The van der Waals surface area contributed by atoms with Crippen LogP contribution >= 0.6 is 11.6 Å². The molecule has 3 aromatic rings. The molecular weight excluding hydrogens is 422 g/mol. The van der Waals surface area contributed by atoms with Crippen molar-refractivity contribution >= 4 is 17.6 Å². The third-order valence-electron chi connectivity index (χ3n) is 4.57. The lowest BCUT2D eigenvalue weighted by atomic mass is 10.1. The normalized spacial score (nSPS) is 12.6. The van der Waals surface area contributed by atoms with E-state index >= 15 is 0 Å². The standard InChI is InChI=1S/C23H16ClNO6/c24-18-4-2-1-3-17(18)22(23(26)27)31-20-10-16(7-6-15(20)11-25)28-12-14-5-8-19-21(9-14)30-13-29-19/h1-10,22H,12-13H2,(H,26,27)/t22-/m0/s1. The molecule has 1 aliphatic rings. The fourth-order valence-corrected chi connectivity index (χ4v) is 3.28. The summed E-state index contributed by atoms with van der Waals surface area (Å²) in [6.07, 6.45) is -1.38. The molecule has 4 rings (SSSR count). The highest BCUT2D eigenvalue weighted by atomic mass is 35.5. The number of rotatable bonds is 7. The van der Waals surface area contributed by atoms with Gasteiger partial charge in [-0.05, 0) is 35.9 Å². The van der Waals surface area contributed by atoms with Crippen LogP contribution in [0.3, 0.4) is 0 Å². The lowest BCUT2D eigenvalue weighted by molar-refractivity contribution is -0.145. The van der Waals surface area contributed by atoms with E-state index in [9.17, 15) is 15.2 Å². The molecule has 7 nitrogen and oxygen atoms in total. The molecule has 1 aliphatic heterocycles. The van der Waals surface area contributed by atoms with Gasteiger partial charge in [0.2, 0.25) is 12.9 Å². The Morgan fingerprint density at radius 3 is 2.71 bits per heavy atom. The molecule has 0 amide bonds. The Morgan fingerprint density at radius 2 is 1.94 bits per heavy atom. The number of carboxylic acid groups (broad SMARTS) is 1. The minimum atomic E-state index is -1.38. The first-order chi connectivity index (χ1) is 15.0. The third kappa shape index (κ3) is 4.49. The van der Waals surface area contributed by atoms with Crippen LogP contribution in [0.2, 0.25) is 5.02 Å². The van der Waals surface area contributed by atoms with Gasteiger partial charge in [-0.25, -0.2) is 4.79 Å². The molecule has 0 fully saturated rings. The molecule has 0 unspecified atom stereocenters. The van der Waals surface area contributed by atoms with Gasteiger partial charge in [0.05, 0.1) is 5.56 Å². The Labute approximate surface area is 182 Å². The summed E-state index contributed by atoms with van der Waals surface area (Å²) >= 11 is 6.14. The van der Waals surface area contributed by atoms with Gasteiger partial charge in [-0.2, -0.15) is 5.26 Å². The highest BCUT2D eigenvalue weighted by Crippen LogP contribution is 2.34. The molecule has 1 atom stereocenters. The van der Waals surface area contributed by atoms with E-state index in [1.54, 1.807) is 36.4 Å². The maximum absolute atomic E-state index is 11.8. The maximum Gasteiger partial charge on any atom is 0.349 e. The smallest absolute Gasteiger partial charge is 0.349 e. The van der Waals surface area contributed by atoms with Crippen molar-refractivity contribution in [1.82, 2.24) is 0 Å². The first-order valence-electron chi connectivity index (χ1n) is 9.24. The van der Waals surface area contributed by atoms with E-state index in [-0.39, 0.29) is 35.3 Å². The molecular formula is C23H16ClNO6. The van der Waals surface area contributed by atoms with E-state index in [1.165, 1.54) is 12.1 Å². The molecule has 156 valence electrons. The average Bonchev–Trinajstić information content (AvgIpc) is 3.24. The lowest BCUT2D eigenvalue weighted by Crippen LogP contribution is -2.19. The summed E-state index contributed by atoms with van der Waals surface area (Å²) in [4.78, 5) is 11.8. The monoisotopic (exact) mass is 437 g/mol. The predicted octanol–water partition coefficient (Wildman–Crippen LogP) is 4.72. The second kappa shape index (κ2) is 8.86. The highest BCUT2D eigenvalue weighted by molar-refractivity contribution is 6.31. The molecule has 0 bridgehead atoms. The number of benzene rings is 3. The van der Waals surface area contributed by atoms with Gasteiger partial charge in [-0.3, -0.25) is 0 Å². The molecule has 1 heterocycles. The van der Waals surface area contributed by atoms with E-state index in [0.29, 0.717) is 17.2 Å². The number of nitriles is 1. The summed E-state index contributed by atoms with van der Waals surface area (Å²) < 4.78 is 22.1. The van der Waals surface area contributed by atoms with Crippen LogP contribution < -0.4 is 18.9 Å². The summed E-state index contributed by atoms with van der Waals surface area (Å²) in [6.45, 7) is 0.418. The van der Waals surface area contributed by atoms with Crippen molar-refractivity contribution in [3.8, 4) is 29.1 Å². The number of halogens is 1. The van der Waals surface area contributed by atoms with Gasteiger partial charge in [-0.1, -0.05) is 35.9 Å². The Balaban J connectivity index is 1.55. The molecule has 1 N–H and O–H groups in total. The van der Waals surface area contributed by atoms with Crippen LogP contribution in [-0.4, -0.2) is 17.9 Å². The maximum atomic E-state index is 11.8. The predicted molar refractivity (Wildman–Crippen MR) is 111 cm³/mol. The zero-order valence-corrected chi connectivity index (χ0v) is 16.8. The number of hydrogen-bond acceptors (Lipinski definition) is 6. The van der Waals surface area contributed by atoms with Crippen molar-refractivity contribution in [2.45, 2.75) is 12.7 Å². The van der Waals surface area contributed by atoms with Crippen molar-refractivity contribution in [3.05, 3.63) is 82.4 Å². The summed E-state index contributed by atoms with van der Waals surface area (Å²) in [5, 5.41) is 19.3. The molecule has 8 heteroatoms. The first-order valence-corrected chi connectivity index (χ1v) is 9.62. The van der Waals surface area contributed by atoms with Gasteiger partial charge in [0.1, 0.15) is 24.2 Å². The van der Waals surface area contributed by atoms with Crippen molar-refractivity contribution in [3.63, 3.8) is 0 Å². The van der Waals surface area contributed by atoms with E-state index in [1.807, 2.05) is 18.2 Å². The third-order valence-corrected chi connectivity index (χ3v) is 4.92. The first kappa shape index (κ1) is 20.4. The van der Waals surface area contributed by atoms with Crippen molar-refractivity contribution in [2.75, 3.05) is 6.79 Å². The second-order valence-electron chi connectivity index (χ2n) is 6.60. The number of hydrogen-bond donors (Lipinski definition) is 1. The van der Waals surface area contributed by atoms with Crippen molar-refractivity contribution < 1.29 is 28.8 Å². The lowest BCUT2D eigenvalue weighted by Gasteiger charge is -2.18. The van der Waals surface area contributed by atoms with Crippen LogP contribution in [0.1, 0.15) is 22.8 Å². The summed E-state index contributed by atoms with van der Waals surface area (Å²) in [7, 11) is 0. The zero-order valence-electron chi connectivity index (χ0n) is 16.1. The molecule has 0 spiro atoms. The van der Waals surface area contributed by atoms with Gasteiger partial charge in [-0.15, -0.1) is 0 Å². The minimum Gasteiger partial charge on any atom is -0.489 e. The van der Waals surface area contributed by atoms with Crippen molar-refractivity contribution in [2.24, 2.45) is 0 Å². The number of nitrogens with zero attached hydrogens (tertiary/aromatic N) is 1. The highest BCUT2D eigenvalue weighted by Gasteiger charge is 2.25. The zero-order chi connectivity index (χ0) is 21.8. The van der Waals surface area contributed by atoms with Crippen LogP contribution in [0.4, 0.5) is 0 Å². The van der Waals surface area contributed by atoms with E-state index < -0.39 is 12.1 Å². The quantitative estimate of drug-likeness (QED) is 0.570. The molecule has 0 aromatic heterocycles. The Kier molecular flexibility index (Phi) is 5.83. The van der Waals surface area contributed by atoms with Crippen LogP contribution in [0.25, 0.3) is 0 Å². The Hall–Kier alpha value is -3.89. The fourth-order valence-electron chi connectivity index (χ4n) is 3.04. The Bertz CT molecular complexity index is 1170.